The number of amides is 1. The highest BCUT2D eigenvalue weighted by molar-refractivity contribution is 6.76. The minimum atomic E-state index is -1.21. The molecule has 2 aromatic rings. The molecule has 0 unspecified atom stereocenters. The van der Waals surface area contributed by atoms with Gasteiger partial charge in [-0.05, 0) is 55.0 Å². The van der Waals surface area contributed by atoms with E-state index >= 15 is 0 Å². The Balaban J connectivity index is 1.82. The molecule has 0 aliphatic heterocycles. The van der Waals surface area contributed by atoms with E-state index in [9.17, 15) is 15.0 Å². The summed E-state index contributed by atoms with van der Waals surface area (Å²) in [5.41, 5.74) is 9.48. The van der Waals surface area contributed by atoms with Crippen LogP contribution in [-0.2, 0) is 11.5 Å². The molecular weight excluding hydrogens is 448 g/mol. The van der Waals surface area contributed by atoms with Gasteiger partial charge in [0.2, 0.25) is 5.82 Å². The molecule has 0 fully saturated rings. The van der Waals surface area contributed by atoms with Crippen molar-refractivity contribution in [1.82, 2.24) is 9.55 Å². The fourth-order valence-electron chi connectivity index (χ4n) is 3.98. The number of allylic oxidation sites excluding steroid dienone is 2. The lowest BCUT2D eigenvalue weighted by Gasteiger charge is -2.20. The van der Waals surface area contributed by atoms with Crippen molar-refractivity contribution in [3.63, 3.8) is 0 Å². The fourth-order valence-corrected chi connectivity index (χ4v) is 4.73. The Morgan fingerprint density at radius 2 is 2.03 bits per heavy atom. The van der Waals surface area contributed by atoms with E-state index in [0.717, 1.165) is 48.4 Å². The molecule has 0 bridgehead atoms. The van der Waals surface area contributed by atoms with Crippen LogP contribution in [0.3, 0.4) is 0 Å². The number of aromatic nitrogens is 2. The molecule has 1 heterocycles. The van der Waals surface area contributed by atoms with Crippen molar-refractivity contribution in [3.05, 3.63) is 47.4 Å². The summed E-state index contributed by atoms with van der Waals surface area (Å²) >= 11 is 0. The van der Waals surface area contributed by atoms with Crippen LogP contribution in [0.2, 0.25) is 25.7 Å². The zero-order valence-electron chi connectivity index (χ0n) is 20.5. The Morgan fingerprint density at radius 3 is 2.68 bits per heavy atom. The minimum absolute atomic E-state index is 0.144. The molecule has 0 saturated carbocycles. The van der Waals surface area contributed by atoms with E-state index < -0.39 is 8.07 Å². The summed E-state index contributed by atoms with van der Waals surface area (Å²) in [7, 11) is -1.21. The van der Waals surface area contributed by atoms with Gasteiger partial charge >= 0.3 is 0 Å². The third kappa shape index (κ3) is 7.02. The number of ether oxygens (including phenoxy) is 1. The topological polar surface area (TPSA) is 123 Å². The molecule has 0 atom stereocenters. The zero-order chi connectivity index (χ0) is 24.7. The van der Waals surface area contributed by atoms with Crippen LogP contribution in [0.25, 0.3) is 5.57 Å². The average Bonchev–Trinajstić information content (AvgIpc) is 3.19. The van der Waals surface area contributed by atoms with Crippen LogP contribution in [0.4, 0.5) is 11.5 Å². The largest absolute Gasteiger partial charge is 0.396 e. The van der Waals surface area contributed by atoms with Crippen molar-refractivity contribution in [3.8, 4) is 0 Å². The number of rotatable bonds is 11. The quantitative estimate of drug-likeness (QED) is 0.281. The standard InChI is InChI=1S/C25H38N4O4Si/c1-34(2,3)12-11-33-17-29-14-23(26)28-24(29)25(32)27-22-10-9-19(20(15-30)16-31)13-21(22)18-7-5-4-6-8-18/h7,9-10,13-14,20,30-31H,4-6,8,11-12,15-17,26H2,1-3H3,(H,27,32). The van der Waals surface area contributed by atoms with E-state index in [1.165, 1.54) is 0 Å². The van der Waals surface area contributed by atoms with E-state index in [1.54, 1.807) is 10.8 Å². The van der Waals surface area contributed by atoms with E-state index in [4.69, 9.17) is 10.5 Å². The van der Waals surface area contributed by atoms with Gasteiger partial charge in [-0.1, -0.05) is 31.8 Å². The first-order valence-electron chi connectivity index (χ1n) is 12.0. The highest BCUT2D eigenvalue weighted by Crippen LogP contribution is 2.34. The maximum atomic E-state index is 13.2. The van der Waals surface area contributed by atoms with Crippen LogP contribution >= 0.6 is 0 Å². The van der Waals surface area contributed by atoms with Crippen LogP contribution in [0.15, 0.2) is 30.5 Å². The lowest BCUT2D eigenvalue weighted by molar-refractivity contribution is 0.0809. The number of nitrogens with zero attached hydrogens (tertiary/aromatic N) is 2. The number of benzene rings is 1. The monoisotopic (exact) mass is 486 g/mol. The summed E-state index contributed by atoms with van der Waals surface area (Å²) in [6.07, 6.45) is 7.96. The molecule has 1 aromatic heterocycles. The van der Waals surface area contributed by atoms with Gasteiger partial charge in [0.05, 0.1) is 19.4 Å². The van der Waals surface area contributed by atoms with E-state index in [0.29, 0.717) is 12.3 Å². The van der Waals surface area contributed by atoms with E-state index in [2.05, 4.69) is 36.0 Å². The highest BCUT2D eigenvalue weighted by Gasteiger charge is 2.20. The number of hydrogen-bond donors (Lipinski definition) is 4. The maximum absolute atomic E-state index is 13.2. The predicted octanol–water partition coefficient (Wildman–Crippen LogP) is 4.06. The number of imidazole rings is 1. The van der Waals surface area contributed by atoms with Gasteiger partial charge in [0.1, 0.15) is 12.5 Å². The predicted molar refractivity (Wildman–Crippen MR) is 138 cm³/mol. The number of aliphatic hydroxyl groups is 2. The Hall–Kier alpha value is -2.46. The molecule has 3 rings (SSSR count). The summed E-state index contributed by atoms with van der Waals surface area (Å²) in [5.74, 6) is -0.267. The molecule has 0 radical (unpaired) electrons. The molecule has 8 nitrogen and oxygen atoms in total. The van der Waals surface area contributed by atoms with Crippen LogP contribution in [-0.4, -0.2) is 53.6 Å². The van der Waals surface area contributed by atoms with Crippen LogP contribution in [0.1, 0.15) is 53.3 Å². The zero-order valence-corrected chi connectivity index (χ0v) is 21.5. The second-order valence-electron chi connectivity index (χ2n) is 10.1. The van der Waals surface area contributed by atoms with Gasteiger partial charge in [0.25, 0.3) is 5.91 Å². The third-order valence-electron chi connectivity index (χ3n) is 6.07. The molecule has 0 spiro atoms. The second-order valence-corrected chi connectivity index (χ2v) is 15.7. The van der Waals surface area contributed by atoms with E-state index in [1.807, 2.05) is 18.2 Å². The van der Waals surface area contributed by atoms with Crippen LogP contribution < -0.4 is 11.1 Å². The highest BCUT2D eigenvalue weighted by atomic mass is 28.3. The summed E-state index contributed by atoms with van der Waals surface area (Å²) in [5, 5.41) is 22.3. The van der Waals surface area contributed by atoms with Gasteiger partial charge in [-0.15, -0.1) is 0 Å². The van der Waals surface area contributed by atoms with Crippen molar-refractivity contribution in [2.75, 3.05) is 30.9 Å². The van der Waals surface area contributed by atoms with Gasteiger partial charge in [0.15, 0.2) is 0 Å². The minimum Gasteiger partial charge on any atom is -0.396 e. The van der Waals surface area contributed by atoms with Crippen molar-refractivity contribution in [2.24, 2.45) is 0 Å². The average molecular weight is 487 g/mol. The Bertz CT molecular complexity index is 1010. The summed E-state index contributed by atoms with van der Waals surface area (Å²) in [6.45, 7) is 7.42. The van der Waals surface area contributed by atoms with E-state index in [-0.39, 0.29) is 43.4 Å². The molecular formula is C25H38N4O4Si. The third-order valence-corrected chi connectivity index (χ3v) is 7.77. The van der Waals surface area contributed by atoms with Crippen molar-refractivity contribution in [1.29, 1.82) is 0 Å². The summed E-state index contributed by atoms with van der Waals surface area (Å²) < 4.78 is 7.44. The van der Waals surface area contributed by atoms with Gasteiger partial charge in [-0.2, -0.15) is 0 Å². The Kier molecular flexibility index (Phi) is 9.07. The lowest BCUT2D eigenvalue weighted by atomic mass is 9.89. The molecule has 1 aliphatic carbocycles. The number of carbonyl (C=O) groups is 1. The normalized spacial score (nSPS) is 14.4. The number of nitrogen functional groups attached to an aromatic ring is 1. The second kappa shape index (κ2) is 11.8. The summed E-state index contributed by atoms with van der Waals surface area (Å²) in [4.78, 5) is 17.4. The van der Waals surface area contributed by atoms with Crippen molar-refractivity contribution >= 4 is 31.1 Å². The molecule has 1 aliphatic rings. The fraction of sp³-hybridized carbons (Fsp3) is 0.520. The molecule has 1 aromatic carbocycles. The number of nitrogens with two attached hydrogens (primary N) is 1. The molecule has 9 heteroatoms. The SMILES string of the molecule is C[Si](C)(C)CCOCn1cc(N)nc1C(=O)Nc1ccc(C(CO)CO)cc1C1=CCCCC1. The number of aliphatic hydroxyl groups excluding tert-OH is 2. The van der Waals surface area contributed by atoms with Crippen molar-refractivity contribution in [2.45, 2.75) is 64.0 Å². The van der Waals surface area contributed by atoms with Gasteiger partial charge in [0, 0.05) is 31.8 Å². The molecule has 1 amide bonds. The Labute approximate surface area is 202 Å². The number of nitrogens with one attached hydrogen (secondary N) is 1. The molecule has 186 valence electrons. The first-order chi connectivity index (χ1) is 16.2. The number of hydrogen-bond acceptors (Lipinski definition) is 6. The molecule has 34 heavy (non-hydrogen) atoms. The Morgan fingerprint density at radius 1 is 1.26 bits per heavy atom. The summed E-state index contributed by atoms with van der Waals surface area (Å²) in [6, 6.07) is 6.66. The molecule has 5 N–H and O–H groups in total. The van der Waals surface area contributed by atoms with Gasteiger partial charge < -0.3 is 30.6 Å². The van der Waals surface area contributed by atoms with Gasteiger partial charge in [-0.3, -0.25) is 4.79 Å². The first kappa shape index (κ1) is 26.1. The van der Waals surface area contributed by atoms with Crippen molar-refractivity contribution < 1.29 is 19.7 Å². The molecule has 0 saturated heterocycles. The van der Waals surface area contributed by atoms with Crippen LogP contribution in [0, 0.1) is 0 Å². The lowest BCUT2D eigenvalue weighted by Crippen LogP contribution is -2.23. The maximum Gasteiger partial charge on any atom is 0.291 e. The van der Waals surface area contributed by atoms with Gasteiger partial charge in [-0.25, -0.2) is 4.98 Å². The van der Waals surface area contributed by atoms with Crippen LogP contribution in [0.5, 0.6) is 0 Å². The smallest absolute Gasteiger partial charge is 0.291 e. The number of carbonyl (C=O) groups excluding carboxylic acids is 1. The number of anilines is 2. The first-order valence-corrected chi connectivity index (χ1v) is 15.7.